The first kappa shape index (κ1) is 26.8. The first-order valence-electron chi connectivity index (χ1n) is 11.6. The number of benzene rings is 2. The lowest BCUT2D eigenvalue weighted by molar-refractivity contribution is 0.0917. The number of methoxy groups -OCH3 is 2. The molecule has 0 radical (unpaired) electrons. The third kappa shape index (κ3) is 7.85. The van der Waals surface area contributed by atoms with Gasteiger partial charge in [-0.25, -0.2) is 9.37 Å². The maximum atomic E-state index is 13.6. The van der Waals surface area contributed by atoms with Gasteiger partial charge in [0.2, 0.25) is 0 Å². The van der Waals surface area contributed by atoms with Crippen molar-refractivity contribution in [2.75, 3.05) is 26.1 Å². The van der Waals surface area contributed by atoms with Crippen LogP contribution in [0, 0.1) is 5.82 Å². The molecule has 2 atom stereocenters. The van der Waals surface area contributed by atoms with Crippen molar-refractivity contribution in [1.82, 2.24) is 4.98 Å². The summed E-state index contributed by atoms with van der Waals surface area (Å²) in [5.41, 5.74) is 3.05. The summed E-state index contributed by atoms with van der Waals surface area (Å²) in [5.74, 6) is 2.12. The molecule has 7 heteroatoms. The number of ether oxygens (including phenoxy) is 4. The van der Waals surface area contributed by atoms with Crippen molar-refractivity contribution >= 4 is 17.3 Å². The Hall–Kier alpha value is -3.84. The fourth-order valence-corrected chi connectivity index (χ4v) is 3.63. The van der Waals surface area contributed by atoms with Gasteiger partial charge in [0.05, 0.1) is 19.8 Å². The molecule has 1 N–H and O–H groups in total. The highest BCUT2D eigenvalue weighted by atomic mass is 19.1. The zero-order valence-electron chi connectivity index (χ0n) is 21.2. The van der Waals surface area contributed by atoms with Crippen molar-refractivity contribution in [1.29, 1.82) is 0 Å². The molecule has 0 aliphatic rings. The van der Waals surface area contributed by atoms with E-state index in [2.05, 4.69) is 23.5 Å². The number of rotatable bonds is 13. The van der Waals surface area contributed by atoms with E-state index in [9.17, 15) is 4.39 Å². The molecular weight excluding hydrogens is 459 g/mol. The minimum atomic E-state index is -0.264. The number of nitrogens with zero attached hydrogens (tertiary/aromatic N) is 1. The van der Waals surface area contributed by atoms with E-state index in [-0.39, 0.29) is 18.0 Å². The largest absolute Gasteiger partial charge is 0.497 e. The highest BCUT2D eigenvalue weighted by Gasteiger charge is 2.13. The van der Waals surface area contributed by atoms with Crippen LogP contribution in [0.5, 0.6) is 11.5 Å². The molecule has 2 aromatic carbocycles. The topological polar surface area (TPSA) is 61.8 Å². The van der Waals surface area contributed by atoms with E-state index in [4.69, 9.17) is 18.9 Å². The van der Waals surface area contributed by atoms with E-state index in [0.29, 0.717) is 41.8 Å². The van der Waals surface area contributed by atoms with Crippen molar-refractivity contribution in [3.63, 3.8) is 0 Å². The van der Waals surface area contributed by atoms with Crippen LogP contribution in [0.4, 0.5) is 10.2 Å². The average Bonchev–Trinajstić information content (AvgIpc) is 2.84. The first-order chi connectivity index (χ1) is 17.3. The molecular formula is C29H33FN2O4. The van der Waals surface area contributed by atoms with Gasteiger partial charge in [0, 0.05) is 42.6 Å². The number of aromatic nitrogens is 1. The Morgan fingerprint density at radius 3 is 2.28 bits per heavy atom. The van der Waals surface area contributed by atoms with Crippen LogP contribution < -0.4 is 14.8 Å². The Morgan fingerprint density at radius 2 is 1.67 bits per heavy atom. The van der Waals surface area contributed by atoms with Gasteiger partial charge in [0.15, 0.2) is 0 Å². The molecule has 0 bridgehead atoms. The van der Waals surface area contributed by atoms with Gasteiger partial charge in [-0.15, -0.1) is 0 Å². The molecule has 36 heavy (non-hydrogen) atoms. The van der Waals surface area contributed by atoms with Crippen molar-refractivity contribution in [2.45, 2.75) is 32.5 Å². The number of halogens is 1. The molecule has 0 amide bonds. The lowest BCUT2D eigenvalue weighted by Gasteiger charge is -2.20. The van der Waals surface area contributed by atoms with Crippen LogP contribution in [-0.4, -0.2) is 38.0 Å². The maximum Gasteiger partial charge on any atom is 0.130 e. The van der Waals surface area contributed by atoms with Gasteiger partial charge in [-0.1, -0.05) is 25.3 Å². The van der Waals surface area contributed by atoms with E-state index < -0.39 is 0 Å². The predicted molar refractivity (Wildman–Crippen MR) is 142 cm³/mol. The third-order valence-corrected chi connectivity index (χ3v) is 5.33. The Morgan fingerprint density at radius 1 is 0.944 bits per heavy atom. The Labute approximate surface area is 212 Å². The normalized spacial score (nSPS) is 12.4. The molecule has 1 unspecified atom stereocenters. The van der Waals surface area contributed by atoms with Crippen LogP contribution in [0.1, 0.15) is 30.5 Å². The predicted octanol–water partition coefficient (Wildman–Crippen LogP) is 6.34. The molecule has 0 aliphatic heterocycles. The SMILES string of the molecule is C=C(Nc1ccc(C(=C)OC)cn1)c1cc(OC(C)COC)cc(O[C@@H](C)Cc2cccc(F)c2)c1. The molecule has 6 nitrogen and oxygen atoms in total. The third-order valence-electron chi connectivity index (χ3n) is 5.33. The smallest absolute Gasteiger partial charge is 0.130 e. The maximum absolute atomic E-state index is 13.6. The van der Waals surface area contributed by atoms with Crippen LogP contribution in [0.2, 0.25) is 0 Å². The van der Waals surface area contributed by atoms with Crippen LogP contribution in [-0.2, 0) is 15.9 Å². The summed E-state index contributed by atoms with van der Waals surface area (Å²) < 4.78 is 36.2. The van der Waals surface area contributed by atoms with Gasteiger partial charge in [0.25, 0.3) is 0 Å². The second-order valence-corrected chi connectivity index (χ2v) is 8.50. The van der Waals surface area contributed by atoms with E-state index in [0.717, 1.165) is 16.7 Å². The van der Waals surface area contributed by atoms with E-state index in [1.54, 1.807) is 26.5 Å². The summed E-state index contributed by atoms with van der Waals surface area (Å²) in [4.78, 5) is 4.41. The molecule has 1 aromatic heterocycles. The van der Waals surface area contributed by atoms with Gasteiger partial charge in [-0.2, -0.15) is 0 Å². The van der Waals surface area contributed by atoms with Crippen molar-refractivity contribution in [3.8, 4) is 11.5 Å². The average molecular weight is 493 g/mol. The molecule has 190 valence electrons. The summed E-state index contributed by atoms with van der Waals surface area (Å²) in [5, 5.41) is 3.22. The van der Waals surface area contributed by atoms with E-state index in [1.807, 2.05) is 50.2 Å². The van der Waals surface area contributed by atoms with E-state index in [1.165, 1.54) is 12.1 Å². The van der Waals surface area contributed by atoms with Crippen molar-refractivity contribution < 1.29 is 23.3 Å². The van der Waals surface area contributed by atoms with Crippen LogP contribution in [0.25, 0.3) is 11.5 Å². The van der Waals surface area contributed by atoms with Gasteiger partial charge in [-0.3, -0.25) is 0 Å². The summed E-state index contributed by atoms with van der Waals surface area (Å²) in [7, 11) is 3.20. The summed E-state index contributed by atoms with van der Waals surface area (Å²) in [6.45, 7) is 12.3. The number of pyridine rings is 1. The molecule has 3 aromatic rings. The molecule has 0 saturated carbocycles. The zero-order valence-corrected chi connectivity index (χ0v) is 21.2. The number of hydrogen-bond acceptors (Lipinski definition) is 6. The molecule has 0 aliphatic carbocycles. The molecule has 0 saturated heterocycles. The Kier molecular flexibility index (Phi) is 9.47. The number of nitrogens with one attached hydrogen (secondary N) is 1. The molecule has 0 spiro atoms. The first-order valence-corrected chi connectivity index (χ1v) is 11.6. The molecule has 1 heterocycles. The van der Waals surface area contributed by atoms with Gasteiger partial charge < -0.3 is 24.3 Å². The fraction of sp³-hybridized carbons (Fsp3) is 0.276. The summed E-state index contributed by atoms with van der Waals surface area (Å²) in [6, 6.07) is 15.8. The lowest BCUT2D eigenvalue weighted by atomic mass is 10.1. The van der Waals surface area contributed by atoms with Gasteiger partial charge >= 0.3 is 0 Å². The van der Waals surface area contributed by atoms with Crippen molar-refractivity contribution in [2.24, 2.45) is 0 Å². The highest BCUT2D eigenvalue weighted by Crippen LogP contribution is 2.29. The standard InChI is InChI=1S/C29H33FN2O4/c1-19(12-23-8-7-9-26(30)13-23)35-27-14-25(15-28(16-27)36-20(2)18-33-5)21(3)32-29-11-10-24(17-31-29)22(4)34-6/h7-11,13-17,19-20H,3-4,12,18H2,1-2,5-6H3,(H,31,32)/t19-,20?/m0/s1. The monoisotopic (exact) mass is 492 g/mol. The molecule has 3 rings (SSSR count). The van der Waals surface area contributed by atoms with Gasteiger partial charge in [0.1, 0.15) is 35.0 Å². The second kappa shape index (κ2) is 12.7. The van der Waals surface area contributed by atoms with E-state index >= 15 is 0 Å². The molecule has 0 fully saturated rings. The van der Waals surface area contributed by atoms with Crippen molar-refractivity contribution in [3.05, 3.63) is 96.5 Å². The van der Waals surface area contributed by atoms with Gasteiger partial charge in [-0.05, 0) is 55.8 Å². The zero-order chi connectivity index (χ0) is 26.1. The Balaban J connectivity index is 1.79. The van der Waals surface area contributed by atoms with Crippen LogP contribution in [0.15, 0.2) is 74.0 Å². The van der Waals surface area contributed by atoms with Crippen LogP contribution in [0.3, 0.4) is 0 Å². The number of hydrogen-bond donors (Lipinski definition) is 1. The fourth-order valence-electron chi connectivity index (χ4n) is 3.63. The lowest BCUT2D eigenvalue weighted by Crippen LogP contribution is -2.19. The second-order valence-electron chi connectivity index (χ2n) is 8.50. The summed E-state index contributed by atoms with van der Waals surface area (Å²) >= 11 is 0. The minimum Gasteiger partial charge on any atom is -0.497 e. The van der Waals surface area contributed by atoms with Crippen LogP contribution >= 0.6 is 0 Å². The Bertz CT molecular complexity index is 1180. The summed E-state index contributed by atoms with van der Waals surface area (Å²) in [6.07, 6.45) is 1.87. The minimum absolute atomic E-state index is 0.160. The quantitative estimate of drug-likeness (QED) is 0.281. The highest BCUT2D eigenvalue weighted by molar-refractivity contribution is 5.75. The number of anilines is 1.